The Labute approximate surface area is 122 Å². The second-order valence-corrected chi connectivity index (χ2v) is 7.64. The molecule has 20 heavy (non-hydrogen) atoms. The molecule has 1 aromatic rings. The molecule has 0 amide bonds. The monoisotopic (exact) mass is 275 g/mol. The maximum atomic E-state index is 13.6. The first-order chi connectivity index (χ1) is 9.43. The van der Waals surface area contributed by atoms with Gasteiger partial charge in [0.1, 0.15) is 5.82 Å². The fraction of sp³-hybridized carbons (Fsp3) is 0.667. The molecule has 2 aliphatic rings. The lowest BCUT2D eigenvalue weighted by atomic mass is 9.68. The van der Waals surface area contributed by atoms with E-state index in [0.717, 1.165) is 24.4 Å². The van der Waals surface area contributed by atoms with Crippen molar-refractivity contribution >= 4 is 0 Å². The second-order valence-electron chi connectivity index (χ2n) is 7.64. The van der Waals surface area contributed by atoms with Crippen LogP contribution in [0.25, 0.3) is 0 Å². The zero-order valence-corrected chi connectivity index (χ0v) is 12.9. The predicted octanol–water partition coefficient (Wildman–Crippen LogP) is 4.17. The van der Waals surface area contributed by atoms with Gasteiger partial charge in [0.05, 0.1) is 0 Å². The van der Waals surface area contributed by atoms with Gasteiger partial charge in [-0.3, -0.25) is 0 Å². The van der Waals surface area contributed by atoms with Gasteiger partial charge in [0.15, 0.2) is 0 Å². The molecule has 0 aliphatic heterocycles. The van der Waals surface area contributed by atoms with Gasteiger partial charge in [-0.1, -0.05) is 39.0 Å². The zero-order valence-electron chi connectivity index (χ0n) is 12.9. The third-order valence-corrected chi connectivity index (χ3v) is 5.97. The van der Waals surface area contributed by atoms with Gasteiger partial charge in [-0.15, -0.1) is 0 Å². The Morgan fingerprint density at radius 2 is 2.00 bits per heavy atom. The second kappa shape index (κ2) is 4.84. The Morgan fingerprint density at radius 3 is 2.65 bits per heavy atom. The van der Waals surface area contributed by atoms with E-state index in [2.05, 4.69) is 26.1 Å². The van der Waals surface area contributed by atoms with Crippen LogP contribution in [0.2, 0.25) is 0 Å². The molecule has 1 N–H and O–H groups in total. The number of nitrogens with one attached hydrogen (secondary N) is 1. The Hall–Kier alpha value is -0.890. The van der Waals surface area contributed by atoms with Gasteiger partial charge in [-0.25, -0.2) is 4.39 Å². The molecule has 0 spiro atoms. The van der Waals surface area contributed by atoms with E-state index in [9.17, 15) is 4.39 Å². The van der Waals surface area contributed by atoms with E-state index >= 15 is 0 Å². The molecular formula is C18H26FN. The van der Waals surface area contributed by atoms with Crippen molar-refractivity contribution in [1.82, 2.24) is 5.32 Å². The molecule has 2 bridgehead atoms. The van der Waals surface area contributed by atoms with E-state index in [1.807, 2.05) is 12.1 Å². The molecule has 1 nitrogen and oxygen atoms in total. The smallest absolute Gasteiger partial charge is 0.126 e. The van der Waals surface area contributed by atoms with Crippen LogP contribution in [0.3, 0.4) is 0 Å². The van der Waals surface area contributed by atoms with Crippen LogP contribution in [0, 0.1) is 22.6 Å². The summed E-state index contributed by atoms with van der Waals surface area (Å²) in [5, 5.41) is 3.75. The summed E-state index contributed by atoms with van der Waals surface area (Å²) in [5.41, 5.74) is 1.65. The minimum absolute atomic E-state index is 0.0762. The molecule has 2 fully saturated rings. The van der Waals surface area contributed by atoms with Crippen LogP contribution in [0.15, 0.2) is 24.3 Å². The van der Waals surface area contributed by atoms with E-state index in [-0.39, 0.29) is 5.82 Å². The van der Waals surface area contributed by atoms with Gasteiger partial charge >= 0.3 is 0 Å². The van der Waals surface area contributed by atoms with Crippen LogP contribution >= 0.6 is 0 Å². The van der Waals surface area contributed by atoms with Crippen LogP contribution in [-0.4, -0.2) is 12.6 Å². The Balaban J connectivity index is 1.63. The van der Waals surface area contributed by atoms with E-state index in [4.69, 9.17) is 0 Å². The van der Waals surface area contributed by atoms with Crippen LogP contribution in [-0.2, 0) is 6.42 Å². The van der Waals surface area contributed by atoms with E-state index in [1.54, 1.807) is 12.1 Å². The van der Waals surface area contributed by atoms with Crippen LogP contribution in [0.4, 0.5) is 4.39 Å². The van der Waals surface area contributed by atoms with Gasteiger partial charge in [0, 0.05) is 6.04 Å². The summed E-state index contributed by atoms with van der Waals surface area (Å²) >= 11 is 0. The standard InChI is InChI=1S/C18H26FN/c1-17(2)14-8-10-18(3,12-14)16(17)20-11-9-13-6-4-5-7-15(13)19/h4-7,14,16,20H,8-12H2,1-3H3. The lowest BCUT2D eigenvalue weighted by Gasteiger charge is -2.43. The summed E-state index contributed by atoms with van der Waals surface area (Å²) in [6.45, 7) is 8.12. The fourth-order valence-electron chi connectivity index (χ4n) is 4.86. The van der Waals surface area contributed by atoms with Gasteiger partial charge in [-0.2, -0.15) is 0 Å². The average Bonchev–Trinajstić information content (AvgIpc) is 2.87. The molecule has 3 atom stereocenters. The van der Waals surface area contributed by atoms with E-state index < -0.39 is 0 Å². The number of fused-ring (bicyclic) bond motifs is 2. The van der Waals surface area contributed by atoms with E-state index in [1.165, 1.54) is 19.3 Å². The summed E-state index contributed by atoms with van der Waals surface area (Å²) in [6.07, 6.45) is 4.87. The minimum Gasteiger partial charge on any atom is -0.313 e. The SMILES string of the molecule is CC12CCC(C1)C(C)(C)C2NCCc1ccccc1F. The predicted molar refractivity (Wildman–Crippen MR) is 81.1 cm³/mol. The maximum absolute atomic E-state index is 13.6. The highest BCUT2D eigenvalue weighted by atomic mass is 19.1. The quantitative estimate of drug-likeness (QED) is 0.869. The molecule has 1 aromatic carbocycles. The highest BCUT2D eigenvalue weighted by molar-refractivity contribution is 5.18. The fourth-order valence-corrected chi connectivity index (χ4v) is 4.86. The molecule has 0 heterocycles. The molecule has 2 aliphatic carbocycles. The first kappa shape index (κ1) is 14.1. The highest BCUT2D eigenvalue weighted by Gasteiger charge is 2.58. The molecular weight excluding hydrogens is 249 g/mol. The minimum atomic E-state index is -0.0762. The third-order valence-electron chi connectivity index (χ3n) is 5.97. The summed E-state index contributed by atoms with van der Waals surface area (Å²) < 4.78 is 13.6. The first-order valence-corrected chi connectivity index (χ1v) is 7.90. The summed E-state index contributed by atoms with van der Waals surface area (Å²) in [7, 11) is 0. The average molecular weight is 275 g/mol. The Morgan fingerprint density at radius 1 is 1.25 bits per heavy atom. The van der Waals surface area contributed by atoms with Gasteiger partial charge in [0.25, 0.3) is 0 Å². The molecule has 0 radical (unpaired) electrons. The first-order valence-electron chi connectivity index (χ1n) is 7.90. The number of hydrogen-bond acceptors (Lipinski definition) is 1. The van der Waals surface area contributed by atoms with Crippen molar-refractivity contribution in [1.29, 1.82) is 0 Å². The Bertz CT molecular complexity index is 491. The molecule has 110 valence electrons. The largest absolute Gasteiger partial charge is 0.313 e. The number of benzene rings is 1. The number of rotatable bonds is 4. The van der Waals surface area contributed by atoms with Gasteiger partial charge < -0.3 is 5.32 Å². The molecule has 2 saturated carbocycles. The third kappa shape index (κ3) is 2.18. The van der Waals surface area contributed by atoms with Gasteiger partial charge in [0.2, 0.25) is 0 Å². The van der Waals surface area contributed by atoms with Crippen molar-refractivity contribution in [3.05, 3.63) is 35.6 Å². The number of halogens is 1. The normalized spacial score (nSPS) is 34.6. The van der Waals surface area contributed by atoms with Gasteiger partial charge in [-0.05, 0) is 60.6 Å². The number of hydrogen-bond donors (Lipinski definition) is 1. The van der Waals surface area contributed by atoms with Crippen molar-refractivity contribution in [2.75, 3.05) is 6.54 Å². The van der Waals surface area contributed by atoms with Crippen molar-refractivity contribution in [3.8, 4) is 0 Å². The molecule has 2 heteroatoms. The van der Waals surface area contributed by atoms with Crippen LogP contribution < -0.4 is 5.32 Å². The lowest BCUT2D eigenvalue weighted by Crippen LogP contribution is -2.50. The van der Waals surface area contributed by atoms with Crippen molar-refractivity contribution < 1.29 is 4.39 Å². The van der Waals surface area contributed by atoms with Crippen LogP contribution in [0.1, 0.15) is 45.6 Å². The zero-order chi connectivity index (χ0) is 14.4. The maximum Gasteiger partial charge on any atom is 0.126 e. The van der Waals surface area contributed by atoms with Crippen molar-refractivity contribution in [2.24, 2.45) is 16.7 Å². The lowest BCUT2D eigenvalue weighted by molar-refractivity contribution is 0.110. The molecule has 0 aromatic heterocycles. The molecule has 0 saturated heterocycles. The van der Waals surface area contributed by atoms with Crippen LogP contribution in [0.5, 0.6) is 0 Å². The summed E-state index contributed by atoms with van der Waals surface area (Å²) in [5.74, 6) is 0.783. The molecule has 3 unspecified atom stereocenters. The van der Waals surface area contributed by atoms with Crippen molar-refractivity contribution in [3.63, 3.8) is 0 Å². The highest BCUT2D eigenvalue weighted by Crippen LogP contribution is 2.62. The summed E-state index contributed by atoms with van der Waals surface area (Å²) in [4.78, 5) is 0. The summed E-state index contributed by atoms with van der Waals surface area (Å²) in [6, 6.07) is 7.69. The van der Waals surface area contributed by atoms with E-state index in [0.29, 0.717) is 16.9 Å². The van der Waals surface area contributed by atoms with Crippen molar-refractivity contribution in [2.45, 2.75) is 52.5 Å². The molecule has 3 rings (SSSR count). The Kier molecular flexibility index (Phi) is 3.40. The topological polar surface area (TPSA) is 12.0 Å².